The van der Waals surface area contributed by atoms with Crippen LogP contribution in [0.15, 0.2) is 34.7 Å². The van der Waals surface area contributed by atoms with E-state index in [0.29, 0.717) is 5.75 Å². The highest BCUT2D eigenvalue weighted by molar-refractivity contribution is 7.99. The minimum absolute atomic E-state index is 0.00716. The van der Waals surface area contributed by atoms with Crippen LogP contribution in [-0.4, -0.2) is 32.4 Å². The number of aromatic nitrogens is 3. The van der Waals surface area contributed by atoms with Gasteiger partial charge in [0, 0.05) is 5.54 Å². The van der Waals surface area contributed by atoms with Crippen LogP contribution in [0.5, 0.6) is 0 Å². The minimum atomic E-state index is -0.225. The first kappa shape index (κ1) is 19.0. The van der Waals surface area contributed by atoms with Crippen molar-refractivity contribution < 1.29 is 4.79 Å². The molecule has 5 nitrogen and oxygen atoms in total. The summed E-state index contributed by atoms with van der Waals surface area (Å²) in [5.41, 5.74) is 1.54. The molecular formula is C18H20N4OS3. The summed E-state index contributed by atoms with van der Waals surface area (Å²) in [5.74, 6) is 0.320. The number of hydrogen-bond acceptors (Lipinski definition) is 7. The summed E-state index contributed by atoms with van der Waals surface area (Å²) >= 11 is 4.69. The Morgan fingerprint density at radius 1 is 1.23 bits per heavy atom. The second kappa shape index (κ2) is 7.85. The van der Waals surface area contributed by atoms with E-state index in [4.69, 9.17) is 0 Å². The van der Waals surface area contributed by atoms with E-state index in [0.717, 1.165) is 31.2 Å². The molecule has 0 saturated heterocycles. The van der Waals surface area contributed by atoms with Gasteiger partial charge in [0.25, 0.3) is 0 Å². The lowest BCUT2D eigenvalue weighted by molar-refractivity contribution is -0.119. The van der Waals surface area contributed by atoms with Gasteiger partial charge in [0.15, 0.2) is 0 Å². The molecule has 0 unspecified atom stereocenters. The fourth-order valence-corrected chi connectivity index (χ4v) is 4.69. The van der Waals surface area contributed by atoms with E-state index in [1.54, 1.807) is 22.7 Å². The van der Waals surface area contributed by atoms with E-state index in [1.165, 1.54) is 11.8 Å². The molecular weight excluding hydrogens is 384 g/mol. The molecule has 0 atom stereocenters. The number of thiophene rings is 1. The van der Waals surface area contributed by atoms with E-state index in [2.05, 4.69) is 26.6 Å². The summed E-state index contributed by atoms with van der Waals surface area (Å²) in [6.07, 6.45) is 0. The summed E-state index contributed by atoms with van der Waals surface area (Å²) in [6.45, 7) is 7.88. The molecule has 3 rings (SSSR count). The van der Waals surface area contributed by atoms with Crippen molar-refractivity contribution in [2.24, 2.45) is 0 Å². The molecule has 26 heavy (non-hydrogen) atoms. The van der Waals surface area contributed by atoms with E-state index >= 15 is 0 Å². The highest BCUT2D eigenvalue weighted by atomic mass is 32.2. The molecule has 0 spiro atoms. The van der Waals surface area contributed by atoms with Crippen molar-refractivity contribution >= 4 is 40.3 Å². The van der Waals surface area contributed by atoms with Crippen molar-refractivity contribution in [3.63, 3.8) is 0 Å². The smallest absolute Gasteiger partial charge is 0.230 e. The third-order valence-electron chi connectivity index (χ3n) is 3.27. The molecule has 3 aromatic rings. The van der Waals surface area contributed by atoms with E-state index < -0.39 is 0 Å². The number of hydrogen-bond donors (Lipinski definition) is 1. The Labute approximate surface area is 165 Å². The van der Waals surface area contributed by atoms with Crippen LogP contribution >= 0.6 is 34.4 Å². The predicted molar refractivity (Wildman–Crippen MR) is 110 cm³/mol. The van der Waals surface area contributed by atoms with E-state index in [-0.39, 0.29) is 11.4 Å². The maximum atomic E-state index is 11.9. The molecule has 0 aliphatic carbocycles. The molecule has 0 saturated carbocycles. The maximum Gasteiger partial charge on any atom is 0.230 e. The lowest BCUT2D eigenvalue weighted by Crippen LogP contribution is -2.41. The number of carbonyl (C=O) groups is 1. The lowest BCUT2D eigenvalue weighted by atomic mass is 10.1. The number of rotatable bonds is 5. The highest BCUT2D eigenvalue weighted by Crippen LogP contribution is 2.36. The van der Waals surface area contributed by atoms with Gasteiger partial charge in [-0.15, -0.1) is 32.9 Å². The van der Waals surface area contributed by atoms with E-state index in [1.807, 2.05) is 51.3 Å². The maximum absolute atomic E-state index is 11.9. The van der Waals surface area contributed by atoms with Crippen molar-refractivity contribution in [2.75, 3.05) is 5.75 Å². The van der Waals surface area contributed by atoms with Crippen LogP contribution in [-0.2, 0) is 4.79 Å². The summed E-state index contributed by atoms with van der Waals surface area (Å²) < 4.78 is 0. The summed E-state index contributed by atoms with van der Waals surface area (Å²) in [6, 6.07) is 7.94. The molecule has 0 aromatic carbocycles. The van der Waals surface area contributed by atoms with Gasteiger partial charge >= 0.3 is 0 Å². The molecule has 8 heteroatoms. The first-order valence-corrected chi connectivity index (χ1v) is 10.8. The first-order valence-electron chi connectivity index (χ1n) is 8.11. The number of amides is 1. The SMILES string of the molecule is Cc1nc(-c2cccs2)sc1-c1ccc(SCC(=O)NC(C)(C)C)nn1. The topological polar surface area (TPSA) is 67.8 Å². The Kier molecular flexibility index (Phi) is 5.74. The third-order valence-corrected chi connectivity index (χ3v) is 6.41. The second-order valence-corrected chi connectivity index (χ2v) is 9.70. The number of aryl methyl sites for hydroxylation is 1. The Bertz CT molecular complexity index is 880. The Morgan fingerprint density at radius 3 is 2.65 bits per heavy atom. The Balaban J connectivity index is 1.67. The van der Waals surface area contributed by atoms with Gasteiger partial charge in [0.2, 0.25) is 5.91 Å². The van der Waals surface area contributed by atoms with Gasteiger partial charge in [0.05, 0.1) is 21.2 Å². The number of thiazole rings is 1. The lowest BCUT2D eigenvalue weighted by Gasteiger charge is -2.20. The zero-order valence-electron chi connectivity index (χ0n) is 15.1. The van der Waals surface area contributed by atoms with Crippen LogP contribution < -0.4 is 5.32 Å². The molecule has 3 aromatic heterocycles. The van der Waals surface area contributed by atoms with Gasteiger partial charge in [-0.1, -0.05) is 17.8 Å². The van der Waals surface area contributed by atoms with Crippen LogP contribution in [0.2, 0.25) is 0 Å². The van der Waals surface area contributed by atoms with Crippen LogP contribution in [0.4, 0.5) is 0 Å². The van der Waals surface area contributed by atoms with Gasteiger partial charge in [-0.3, -0.25) is 4.79 Å². The van der Waals surface area contributed by atoms with E-state index in [9.17, 15) is 4.79 Å². The third kappa shape index (κ3) is 4.90. The van der Waals surface area contributed by atoms with Crippen molar-refractivity contribution in [1.29, 1.82) is 0 Å². The average molecular weight is 405 g/mol. The standard InChI is InChI=1S/C18H20N4OS3/c1-11-16(26-17(19-11)13-6-5-9-24-13)12-7-8-15(22-21-12)25-10-14(23)20-18(2,3)4/h5-9H,10H2,1-4H3,(H,20,23). The van der Waals surface area contributed by atoms with Gasteiger partial charge < -0.3 is 5.32 Å². The predicted octanol–water partition coefficient (Wildman–Crippen LogP) is 4.64. The number of nitrogens with one attached hydrogen (secondary N) is 1. The summed E-state index contributed by atoms with van der Waals surface area (Å²) in [4.78, 5) is 18.7. The van der Waals surface area contributed by atoms with Gasteiger partial charge in [0.1, 0.15) is 15.7 Å². The molecule has 136 valence electrons. The second-order valence-electron chi connectivity index (χ2n) is 6.75. The Hall–Kier alpha value is -1.77. The molecule has 0 aliphatic rings. The quantitative estimate of drug-likeness (QED) is 0.627. The molecule has 1 amide bonds. The zero-order chi connectivity index (χ0) is 18.7. The zero-order valence-corrected chi connectivity index (χ0v) is 17.5. The normalized spacial score (nSPS) is 11.5. The van der Waals surface area contributed by atoms with Crippen molar-refractivity contribution in [1.82, 2.24) is 20.5 Å². The number of nitrogens with zero attached hydrogens (tertiary/aromatic N) is 3. The monoisotopic (exact) mass is 404 g/mol. The molecule has 0 aliphatic heterocycles. The largest absolute Gasteiger partial charge is 0.351 e. The van der Waals surface area contributed by atoms with Crippen LogP contribution in [0, 0.1) is 6.92 Å². The highest BCUT2D eigenvalue weighted by Gasteiger charge is 2.15. The first-order chi connectivity index (χ1) is 12.3. The van der Waals surface area contributed by atoms with Gasteiger partial charge in [-0.05, 0) is 51.3 Å². The summed E-state index contributed by atoms with van der Waals surface area (Å²) in [5, 5.41) is 15.3. The number of thioether (sulfide) groups is 1. The van der Waals surface area contributed by atoms with Crippen molar-refractivity contribution in [3.05, 3.63) is 35.3 Å². The van der Waals surface area contributed by atoms with Crippen LogP contribution in [0.3, 0.4) is 0 Å². The van der Waals surface area contributed by atoms with Crippen LogP contribution in [0.25, 0.3) is 20.5 Å². The van der Waals surface area contributed by atoms with Crippen LogP contribution in [0.1, 0.15) is 26.5 Å². The van der Waals surface area contributed by atoms with Crippen molar-refractivity contribution in [2.45, 2.75) is 38.3 Å². The van der Waals surface area contributed by atoms with Gasteiger partial charge in [-0.25, -0.2) is 4.98 Å². The Morgan fingerprint density at radius 2 is 2.04 bits per heavy atom. The molecule has 0 bridgehead atoms. The fourth-order valence-electron chi connectivity index (χ4n) is 2.25. The summed E-state index contributed by atoms with van der Waals surface area (Å²) in [7, 11) is 0. The molecule has 3 heterocycles. The minimum Gasteiger partial charge on any atom is -0.351 e. The molecule has 1 N–H and O–H groups in total. The number of carbonyl (C=O) groups excluding carboxylic acids is 1. The molecule has 0 fully saturated rings. The van der Waals surface area contributed by atoms with Crippen molar-refractivity contribution in [3.8, 4) is 20.5 Å². The average Bonchev–Trinajstić information content (AvgIpc) is 3.21. The fraction of sp³-hybridized carbons (Fsp3) is 0.333. The molecule has 0 radical (unpaired) electrons. The van der Waals surface area contributed by atoms with Gasteiger partial charge in [-0.2, -0.15) is 0 Å².